The molecule has 0 aromatic carbocycles. The minimum Gasteiger partial charge on any atom is -0.380 e. The van der Waals surface area contributed by atoms with E-state index in [0.717, 1.165) is 19.1 Å². The van der Waals surface area contributed by atoms with Crippen molar-refractivity contribution in [2.45, 2.75) is 20.3 Å². The van der Waals surface area contributed by atoms with Crippen molar-refractivity contribution < 1.29 is 9.26 Å². The van der Waals surface area contributed by atoms with Crippen molar-refractivity contribution in [3.63, 3.8) is 0 Å². The summed E-state index contributed by atoms with van der Waals surface area (Å²) in [5.41, 5.74) is 0. The van der Waals surface area contributed by atoms with E-state index in [-0.39, 0.29) is 0 Å². The molecule has 7 heteroatoms. The van der Waals surface area contributed by atoms with Crippen LogP contribution in [0, 0.1) is 6.92 Å². The molecule has 1 aromatic heterocycles. The van der Waals surface area contributed by atoms with Gasteiger partial charge in [0.15, 0.2) is 11.8 Å². The zero-order chi connectivity index (χ0) is 13.2. The number of hydrogen-bond donors (Lipinski definition) is 2. The summed E-state index contributed by atoms with van der Waals surface area (Å²) in [4.78, 5) is 8.22. The zero-order valence-electron chi connectivity index (χ0n) is 11.2. The average Bonchev–Trinajstić information content (AvgIpc) is 2.78. The highest BCUT2D eigenvalue weighted by Crippen LogP contribution is 1.95. The Bertz CT molecular complexity index is 364. The number of hydrogen-bond acceptors (Lipinski definition) is 5. The first-order chi connectivity index (χ1) is 8.76. The fourth-order valence-corrected chi connectivity index (χ4v) is 1.34. The Balaban J connectivity index is 2.15. The SMILES string of the molecule is CCOCCNC(=NC)NCCc1nc(C)no1. The number of aryl methyl sites for hydroxylation is 1. The minimum absolute atomic E-state index is 0.629. The molecule has 1 aromatic rings. The third-order valence-corrected chi connectivity index (χ3v) is 2.17. The lowest BCUT2D eigenvalue weighted by atomic mass is 10.4. The van der Waals surface area contributed by atoms with Gasteiger partial charge in [0.2, 0.25) is 5.89 Å². The molecule has 0 bridgehead atoms. The summed E-state index contributed by atoms with van der Waals surface area (Å²) >= 11 is 0. The number of rotatable bonds is 7. The van der Waals surface area contributed by atoms with Gasteiger partial charge in [0.05, 0.1) is 6.61 Å². The quantitative estimate of drug-likeness (QED) is 0.409. The fraction of sp³-hybridized carbons (Fsp3) is 0.727. The molecule has 0 atom stereocenters. The Morgan fingerprint density at radius 3 is 2.78 bits per heavy atom. The van der Waals surface area contributed by atoms with Crippen LogP contribution in [0.15, 0.2) is 9.52 Å². The molecule has 0 spiro atoms. The highest BCUT2D eigenvalue weighted by molar-refractivity contribution is 5.79. The largest absolute Gasteiger partial charge is 0.380 e. The van der Waals surface area contributed by atoms with Crippen molar-refractivity contribution in [2.24, 2.45) is 4.99 Å². The van der Waals surface area contributed by atoms with Crippen molar-refractivity contribution in [1.29, 1.82) is 0 Å². The van der Waals surface area contributed by atoms with Crippen molar-refractivity contribution in [1.82, 2.24) is 20.8 Å². The molecule has 102 valence electrons. The van der Waals surface area contributed by atoms with Crippen LogP contribution < -0.4 is 10.6 Å². The predicted octanol–water partition coefficient (Wildman–Crippen LogP) is 0.122. The second kappa shape index (κ2) is 8.46. The summed E-state index contributed by atoms with van der Waals surface area (Å²) in [5, 5.41) is 10.0. The Morgan fingerprint density at radius 2 is 2.17 bits per heavy atom. The standard InChI is InChI=1S/C11H21N5O2/c1-4-17-8-7-14-11(12-3)13-6-5-10-15-9(2)16-18-10/h4-8H2,1-3H3,(H2,12,13,14). The van der Waals surface area contributed by atoms with Crippen LogP contribution in [0.25, 0.3) is 0 Å². The van der Waals surface area contributed by atoms with E-state index in [0.29, 0.717) is 31.3 Å². The Labute approximate surface area is 107 Å². The first kappa shape index (κ1) is 14.4. The first-order valence-electron chi connectivity index (χ1n) is 6.07. The molecule has 7 nitrogen and oxygen atoms in total. The van der Waals surface area contributed by atoms with E-state index in [1.54, 1.807) is 14.0 Å². The molecule has 0 radical (unpaired) electrons. The molecule has 2 N–H and O–H groups in total. The normalized spacial score (nSPS) is 11.6. The first-order valence-corrected chi connectivity index (χ1v) is 6.07. The monoisotopic (exact) mass is 255 g/mol. The number of aliphatic imine (C=N–C) groups is 1. The van der Waals surface area contributed by atoms with Crippen molar-refractivity contribution in [2.75, 3.05) is 33.4 Å². The van der Waals surface area contributed by atoms with Crippen LogP contribution in [0.1, 0.15) is 18.6 Å². The predicted molar refractivity (Wildman–Crippen MR) is 68.6 cm³/mol. The molecular weight excluding hydrogens is 234 g/mol. The van der Waals surface area contributed by atoms with Crippen LogP contribution in [0.5, 0.6) is 0 Å². The van der Waals surface area contributed by atoms with Crippen LogP contribution in [0.4, 0.5) is 0 Å². The smallest absolute Gasteiger partial charge is 0.228 e. The van der Waals surface area contributed by atoms with E-state index in [2.05, 4.69) is 25.8 Å². The van der Waals surface area contributed by atoms with Gasteiger partial charge in [0.25, 0.3) is 0 Å². The second-order valence-corrected chi connectivity index (χ2v) is 3.61. The van der Waals surface area contributed by atoms with E-state index >= 15 is 0 Å². The number of nitrogens with zero attached hydrogens (tertiary/aromatic N) is 3. The van der Waals surface area contributed by atoms with Gasteiger partial charge in [0.1, 0.15) is 0 Å². The van der Waals surface area contributed by atoms with Crippen LogP contribution in [0.3, 0.4) is 0 Å². The third-order valence-electron chi connectivity index (χ3n) is 2.17. The van der Waals surface area contributed by atoms with Crippen molar-refractivity contribution >= 4 is 5.96 Å². The maximum atomic E-state index is 5.23. The minimum atomic E-state index is 0.629. The highest BCUT2D eigenvalue weighted by atomic mass is 16.5. The Kier molecular flexibility index (Phi) is 6.78. The van der Waals surface area contributed by atoms with Crippen LogP contribution in [0.2, 0.25) is 0 Å². The van der Waals surface area contributed by atoms with E-state index in [9.17, 15) is 0 Å². The van der Waals surface area contributed by atoms with E-state index in [1.165, 1.54) is 0 Å². The zero-order valence-corrected chi connectivity index (χ0v) is 11.2. The van der Waals surface area contributed by atoms with Crippen molar-refractivity contribution in [3.8, 4) is 0 Å². The molecule has 0 aliphatic rings. The summed E-state index contributed by atoms with van der Waals surface area (Å²) in [7, 11) is 1.73. The molecule has 1 heterocycles. The molecule has 0 aliphatic carbocycles. The number of guanidine groups is 1. The summed E-state index contributed by atoms with van der Waals surface area (Å²) in [6.45, 7) is 6.58. The lowest BCUT2D eigenvalue weighted by molar-refractivity contribution is 0.152. The number of ether oxygens (including phenoxy) is 1. The Hall–Kier alpha value is -1.63. The molecule has 0 amide bonds. The molecule has 0 saturated heterocycles. The fourth-order valence-electron chi connectivity index (χ4n) is 1.34. The van der Waals surface area contributed by atoms with Crippen molar-refractivity contribution in [3.05, 3.63) is 11.7 Å². The molecule has 0 fully saturated rings. The van der Waals surface area contributed by atoms with E-state index in [4.69, 9.17) is 9.26 Å². The summed E-state index contributed by atoms with van der Waals surface area (Å²) in [5.74, 6) is 2.03. The topological polar surface area (TPSA) is 84.6 Å². The molecule has 1 rings (SSSR count). The summed E-state index contributed by atoms with van der Waals surface area (Å²) < 4.78 is 10.2. The molecule has 0 saturated carbocycles. The van der Waals surface area contributed by atoms with Gasteiger partial charge in [0, 0.05) is 33.2 Å². The second-order valence-electron chi connectivity index (χ2n) is 3.61. The molecule has 0 aliphatic heterocycles. The van der Waals surface area contributed by atoms with E-state index in [1.807, 2.05) is 6.92 Å². The van der Waals surface area contributed by atoms with Crippen LogP contribution in [-0.2, 0) is 11.2 Å². The Morgan fingerprint density at radius 1 is 1.39 bits per heavy atom. The van der Waals surface area contributed by atoms with Gasteiger partial charge in [-0.05, 0) is 13.8 Å². The number of aromatic nitrogens is 2. The maximum absolute atomic E-state index is 5.23. The summed E-state index contributed by atoms with van der Waals surface area (Å²) in [6.07, 6.45) is 0.674. The van der Waals surface area contributed by atoms with Gasteiger partial charge < -0.3 is 19.9 Å². The van der Waals surface area contributed by atoms with Crippen LogP contribution in [-0.4, -0.2) is 49.5 Å². The number of nitrogens with one attached hydrogen (secondary N) is 2. The van der Waals surface area contributed by atoms with Gasteiger partial charge in [-0.1, -0.05) is 5.16 Å². The summed E-state index contributed by atoms with van der Waals surface area (Å²) in [6, 6.07) is 0. The van der Waals surface area contributed by atoms with Gasteiger partial charge in [-0.3, -0.25) is 4.99 Å². The van der Waals surface area contributed by atoms with Gasteiger partial charge in [-0.2, -0.15) is 4.98 Å². The van der Waals surface area contributed by atoms with E-state index < -0.39 is 0 Å². The van der Waals surface area contributed by atoms with Gasteiger partial charge in [-0.15, -0.1) is 0 Å². The third kappa shape index (κ3) is 5.62. The van der Waals surface area contributed by atoms with Gasteiger partial charge >= 0.3 is 0 Å². The van der Waals surface area contributed by atoms with Gasteiger partial charge in [-0.25, -0.2) is 0 Å². The lowest BCUT2D eigenvalue weighted by Crippen LogP contribution is -2.39. The molecular formula is C11H21N5O2. The average molecular weight is 255 g/mol. The lowest BCUT2D eigenvalue weighted by Gasteiger charge is -2.10. The maximum Gasteiger partial charge on any atom is 0.228 e. The molecule has 18 heavy (non-hydrogen) atoms. The molecule has 0 unspecified atom stereocenters. The highest BCUT2D eigenvalue weighted by Gasteiger charge is 2.02. The van der Waals surface area contributed by atoms with Crippen LogP contribution >= 0.6 is 0 Å².